The lowest BCUT2D eigenvalue weighted by atomic mass is 10.1. The number of hydrogen-bond donors (Lipinski definition) is 1. The monoisotopic (exact) mass is 354 g/mol. The van der Waals surface area contributed by atoms with Crippen LogP contribution in [-0.2, 0) is 4.79 Å². The van der Waals surface area contributed by atoms with Crippen LogP contribution >= 0.6 is 0 Å². The van der Waals surface area contributed by atoms with Gasteiger partial charge in [-0.3, -0.25) is 4.79 Å². The van der Waals surface area contributed by atoms with E-state index in [1.54, 1.807) is 0 Å². The second-order valence-electron chi connectivity index (χ2n) is 7.53. The molecule has 3 heteroatoms. The number of carbonyl (C=O) groups is 1. The first-order valence-electron chi connectivity index (χ1n) is 11.2. The molecule has 0 spiro atoms. The number of amides is 1. The van der Waals surface area contributed by atoms with Gasteiger partial charge < -0.3 is 10.6 Å². The molecule has 0 bridgehead atoms. The van der Waals surface area contributed by atoms with E-state index in [0.29, 0.717) is 0 Å². The molecule has 0 fully saturated rings. The summed E-state index contributed by atoms with van der Waals surface area (Å²) < 4.78 is 0. The van der Waals surface area contributed by atoms with E-state index in [2.05, 4.69) is 13.8 Å². The fraction of sp³-hybridized carbons (Fsp3) is 0.955. The highest BCUT2D eigenvalue weighted by Gasteiger charge is 2.10. The molecule has 25 heavy (non-hydrogen) atoms. The smallest absolute Gasteiger partial charge is 0.236 e. The molecule has 0 atom stereocenters. The van der Waals surface area contributed by atoms with E-state index in [1.807, 2.05) is 4.90 Å². The molecule has 0 radical (unpaired) electrons. The van der Waals surface area contributed by atoms with Crippen LogP contribution in [0.4, 0.5) is 0 Å². The lowest BCUT2D eigenvalue weighted by molar-refractivity contribution is -0.129. The molecule has 150 valence electrons. The molecule has 0 saturated carbocycles. The van der Waals surface area contributed by atoms with Gasteiger partial charge >= 0.3 is 0 Å². The maximum atomic E-state index is 12.0. The minimum atomic E-state index is 0.130. The van der Waals surface area contributed by atoms with Gasteiger partial charge in [0.25, 0.3) is 0 Å². The van der Waals surface area contributed by atoms with Gasteiger partial charge in [0.2, 0.25) is 5.91 Å². The van der Waals surface area contributed by atoms with Crippen LogP contribution in [0.15, 0.2) is 0 Å². The molecule has 0 aromatic carbocycles. The highest BCUT2D eigenvalue weighted by molar-refractivity contribution is 5.77. The summed E-state index contributed by atoms with van der Waals surface area (Å²) >= 11 is 0. The molecule has 0 aliphatic rings. The van der Waals surface area contributed by atoms with Crippen LogP contribution in [0, 0.1) is 0 Å². The minimum Gasteiger partial charge on any atom is -0.342 e. The fourth-order valence-corrected chi connectivity index (χ4v) is 3.36. The molecule has 0 aliphatic carbocycles. The standard InChI is InChI=1S/C22H46N2O/c1-3-5-7-9-11-13-15-17-19-24(22(25)21-23)20-18-16-14-12-10-8-6-4-2/h3-21,23H2,1-2H3. The Balaban J connectivity index is 3.64. The maximum Gasteiger partial charge on any atom is 0.236 e. The molecule has 2 N–H and O–H groups in total. The third kappa shape index (κ3) is 16.6. The molecule has 0 aromatic heterocycles. The van der Waals surface area contributed by atoms with Crippen molar-refractivity contribution in [3.05, 3.63) is 0 Å². The summed E-state index contributed by atoms with van der Waals surface area (Å²) in [5.41, 5.74) is 5.58. The molecule has 0 aromatic rings. The normalized spacial score (nSPS) is 11.0. The summed E-state index contributed by atoms with van der Waals surface area (Å²) in [5.74, 6) is 0.130. The summed E-state index contributed by atoms with van der Waals surface area (Å²) in [4.78, 5) is 14.0. The van der Waals surface area contributed by atoms with Crippen molar-refractivity contribution < 1.29 is 4.79 Å². The SMILES string of the molecule is CCCCCCCCCCN(CCCCCCCCCC)C(=O)CN. The fourth-order valence-electron chi connectivity index (χ4n) is 3.36. The first-order chi connectivity index (χ1) is 12.3. The van der Waals surface area contributed by atoms with Gasteiger partial charge in [0.05, 0.1) is 6.54 Å². The number of nitrogens with zero attached hydrogens (tertiary/aromatic N) is 1. The molecule has 3 nitrogen and oxygen atoms in total. The van der Waals surface area contributed by atoms with Gasteiger partial charge in [0.15, 0.2) is 0 Å². The number of rotatable bonds is 19. The van der Waals surface area contributed by atoms with Crippen molar-refractivity contribution in [2.75, 3.05) is 19.6 Å². The number of nitrogens with two attached hydrogens (primary N) is 1. The number of unbranched alkanes of at least 4 members (excludes halogenated alkanes) is 14. The van der Waals surface area contributed by atoms with Gasteiger partial charge in [-0.15, -0.1) is 0 Å². The van der Waals surface area contributed by atoms with Crippen molar-refractivity contribution in [2.24, 2.45) is 5.73 Å². The Kier molecular flexibility index (Phi) is 19.3. The first kappa shape index (κ1) is 24.4. The van der Waals surface area contributed by atoms with Crippen molar-refractivity contribution >= 4 is 5.91 Å². The summed E-state index contributed by atoms with van der Waals surface area (Å²) in [7, 11) is 0. The zero-order chi connectivity index (χ0) is 18.6. The molecule has 0 rings (SSSR count). The van der Waals surface area contributed by atoms with Gasteiger partial charge in [-0.25, -0.2) is 0 Å². The average Bonchev–Trinajstić information content (AvgIpc) is 2.63. The van der Waals surface area contributed by atoms with Gasteiger partial charge in [-0.2, -0.15) is 0 Å². The first-order valence-corrected chi connectivity index (χ1v) is 11.2. The highest BCUT2D eigenvalue weighted by Crippen LogP contribution is 2.11. The summed E-state index contributed by atoms with van der Waals surface area (Å²) in [6.07, 6.45) is 21.0. The zero-order valence-corrected chi connectivity index (χ0v) is 17.4. The van der Waals surface area contributed by atoms with Crippen molar-refractivity contribution in [3.63, 3.8) is 0 Å². The lowest BCUT2D eigenvalue weighted by Crippen LogP contribution is -2.37. The summed E-state index contributed by atoms with van der Waals surface area (Å²) in [6, 6.07) is 0. The topological polar surface area (TPSA) is 46.3 Å². The Morgan fingerprint density at radius 2 is 0.920 bits per heavy atom. The second-order valence-corrected chi connectivity index (χ2v) is 7.53. The zero-order valence-electron chi connectivity index (χ0n) is 17.4. The van der Waals surface area contributed by atoms with Crippen LogP contribution in [0.2, 0.25) is 0 Å². The van der Waals surface area contributed by atoms with Gasteiger partial charge in [-0.05, 0) is 12.8 Å². The molecule has 1 amide bonds. The molecular weight excluding hydrogens is 308 g/mol. The van der Waals surface area contributed by atoms with Crippen molar-refractivity contribution in [3.8, 4) is 0 Å². The van der Waals surface area contributed by atoms with Crippen molar-refractivity contribution in [2.45, 2.75) is 117 Å². The van der Waals surface area contributed by atoms with E-state index in [1.165, 1.54) is 89.9 Å². The molecule has 0 saturated heterocycles. The van der Waals surface area contributed by atoms with E-state index >= 15 is 0 Å². The molecule has 0 aliphatic heterocycles. The largest absolute Gasteiger partial charge is 0.342 e. The predicted octanol–water partition coefficient (Wildman–Crippen LogP) is 6.06. The van der Waals surface area contributed by atoms with E-state index in [-0.39, 0.29) is 12.5 Å². The van der Waals surface area contributed by atoms with Crippen LogP contribution in [0.1, 0.15) is 117 Å². The van der Waals surface area contributed by atoms with E-state index in [9.17, 15) is 4.79 Å². The van der Waals surface area contributed by atoms with Crippen LogP contribution < -0.4 is 5.73 Å². The maximum absolute atomic E-state index is 12.0. The Morgan fingerprint density at radius 1 is 0.600 bits per heavy atom. The molecule has 0 heterocycles. The highest BCUT2D eigenvalue weighted by atomic mass is 16.2. The lowest BCUT2D eigenvalue weighted by Gasteiger charge is -2.22. The Hall–Kier alpha value is -0.570. The Labute approximate surface area is 158 Å². The Morgan fingerprint density at radius 3 is 1.24 bits per heavy atom. The summed E-state index contributed by atoms with van der Waals surface area (Å²) in [6.45, 7) is 6.49. The van der Waals surface area contributed by atoms with Crippen LogP contribution in [0.5, 0.6) is 0 Å². The predicted molar refractivity (Wildman–Crippen MR) is 111 cm³/mol. The third-order valence-corrected chi connectivity index (χ3v) is 5.09. The van der Waals surface area contributed by atoms with Gasteiger partial charge in [0.1, 0.15) is 0 Å². The number of hydrogen-bond acceptors (Lipinski definition) is 2. The van der Waals surface area contributed by atoms with E-state index in [0.717, 1.165) is 25.9 Å². The average molecular weight is 355 g/mol. The van der Waals surface area contributed by atoms with Crippen LogP contribution in [-0.4, -0.2) is 30.4 Å². The number of carbonyl (C=O) groups excluding carboxylic acids is 1. The van der Waals surface area contributed by atoms with Gasteiger partial charge in [-0.1, -0.05) is 104 Å². The van der Waals surface area contributed by atoms with E-state index < -0.39 is 0 Å². The van der Waals surface area contributed by atoms with Crippen LogP contribution in [0.3, 0.4) is 0 Å². The van der Waals surface area contributed by atoms with E-state index in [4.69, 9.17) is 5.73 Å². The summed E-state index contributed by atoms with van der Waals surface area (Å²) in [5, 5.41) is 0. The Bertz CT molecular complexity index is 261. The molecular formula is C22H46N2O. The third-order valence-electron chi connectivity index (χ3n) is 5.09. The second kappa shape index (κ2) is 19.8. The van der Waals surface area contributed by atoms with Crippen LogP contribution in [0.25, 0.3) is 0 Å². The van der Waals surface area contributed by atoms with Gasteiger partial charge in [0, 0.05) is 13.1 Å². The minimum absolute atomic E-state index is 0.130. The van der Waals surface area contributed by atoms with Crippen molar-refractivity contribution in [1.29, 1.82) is 0 Å². The molecule has 0 unspecified atom stereocenters. The van der Waals surface area contributed by atoms with Crippen molar-refractivity contribution in [1.82, 2.24) is 4.90 Å². The quantitative estimate of drug-likeness (QED) is 0.287.